The number of aromatic nitrogens is 2. The van der Waals surface area contributed by atoms with Crippen LogP contribution < -0.4 is 10.2 Å². The highest BCUT2D eigenvalue weighted by molar-refractivity contribution is 5.51. The molecule has 0 atom stereocenters. The van der Waals surface area contributed by atoms with Crippen molar-refractivity contribution < 1.29 is 0 Å². The third-order valence-corrected chi connectivity index (χ3v) is 4.22. The molecule has 1 aromatic heterocycles. The molecule has 1 N–H and O–H groups in total. The van der Waals surface area contributed by atoms with Gasteiger partial charge in [-0.05, 0) is 12.8 Å². The Hall–Kier alpha value is -1.67. The summed E-state index contributed by atoms with van der Waals surface area (Å²) in [4.78, 5) is 11.1. The van der Waals surface area contributed by atoms with Gasteiger partial charge in [0.2, 0.25) is 5.82 Å². The Kier molecular flexibility index (Phi) is 3.34. The Labute approximate surface area is 113 Å². The van der Waals surface area contributed by atoms with Crippen molar-refractivity contribution in [3.8, 4) is 6.07 Å². The van der Waals surface area contributed by atoms with Gasteiger partial charge in [0.05, 0.1) is 5.69 Å². The summed E-state index contributed by atoms with van der Waals surface area (Å²) in [6.45, 7) is 1.74. The summed E-state index contributed by atoms with van der Waals surface area (Å²) in [5.41, 5.74) is 2.23. The predicted octanol–water partition coefficient (Wildman–Crippen LogP) is 1.37. The van der Waals surface area contributed by atoms with E-state index >= 15 is 0 Å². The summed E-state index contributed by atoms with van der Waals surface area (Å²) in [6.07, 6.45) is 5.94. The first-order valence-electron chi connectivity index (χ1n) is 7.03. The standard InChI is InChI=1S/C14H19N5/c1-19(10-4-2-3-5-10)14-11-9-16-7-6-12(11)17-13(8-15)18-14/h10,16H,2-7,9H2,1H3. The maximum Gasteiger partial charge on any atom is 0.234 e. The monoisotopic (exact) mass is 257 g/mol. The molecule has 0 amide bonds. The normalized spacial score (nSPS) is 18.9. The van der Waals surface area contributed by atoms with Crippen LogP contribution in [0.2, 0.25) is 0 Å². The van der Waals surface area contributed by atoms with Gasteiger partial charge in [-0.3, -0.25) is 0 Å². The third-order valence-electron chi connectivity index (χ3n) is 4.22. The van der Waals surface area contributed by atoms with Crippen LogP contribution in [0.5, 0.6) is 0 Å². The molecule has 2 aliphatic rings. The largest absolute Gasteiger partial charge is 0.356 e. The second kappa shape index (κ2) is 5.14. The van der Waals surface area contributed by atoms with Crippen LogP contribution >= 0.6 is 0 Å². The van der Waals surface area contributed by atoms with Crippen LogP contribution in [-0.2, 0) is 13.0 Å². The minimum atomic E-state index is 0.306. The van der Waals surface area contributed by atoms with Crippen molar-refractivity contribution in [1.82, 2.24) is 15.3 Å². The third kappa shape index (κ3) is 2.28. The molecule has 0 aromatic carbocycles. The van der Waals surface area contributed by atoms with E-state index in [1.165, 1.54) is 31.2 Å². The van der Waals surface area contributed by atoms with E-state index in [9.17, 15) is 0 Å². The highest BCUT2D eigenvalue weighted by Gasteiger charge is 2.25. The molecule has 1 aliphatic carbocycles. The number of nitriles is 1. The number of anilines is 1. The van der Waals surface area contributed by atoms with Crippen molar-refractivity contribution in [1.29, 1.82) is 5.26 Å². The highest BCUT2D eigenvalue weighted by Crippen LogP contribution is 2.29. The van der Waals surface area contributed by atoms with Crippen LogP contribution in [0.15, 0.2) is 0 Å². The molecule has 0 spiro atoms. The molecule has 0 unspecified atom stereocenters. The molecule has 5 nitrogen and oxygen atoms in total. The van der Waals surface area contributed by atoms with Crippen molar-refractivity contribution in [3.05, 3.63) is 17.1 Å². The van der Waals surface area contributed by atoms with E-state index in [1.807, 2.05) is 0 Å². The second-order valence-electron chi connectivity index (χ2n) is 5.38. The van der Waals surface area contributed by atoms with E-state index in [0.29, 0.717) is 11.9 Å². The quantitative estimate of drug-likeness (QED) is 0.867. The average molecular weight is 257 g/mol. The first kappa shape index (κ1) is 12.4. The van der Waals surface area contributed by atoms with Gasteiger partial charge in [-0.15, -0.1) is 0 Å². The number of nitrogens with zero attached hydrogens (tertiary/aromatic N) is 4. The summed E-state index contributed by atoms with van der Waals surface area (Å²) in [5, 5.41) is 12.5. The highest BCUT2D eigenvalue weighted by atomic mass is 15.2. The van der Waals surface area contributed by atoms with Crippen LogP contribution in [-0.4, -0.2) is 29.6 Å². The summed E-state index contributed by atoms with van der Waals surface area (Å²) in [5.74, 6) is 1.26. The lowest BCUT2D eigenvalue weighted by atomic mass is 10.1. The van der Waals surface area contributed by atoms with Crippen LogP contribution in [0.3, 0.4) is 0 Å². The molecular formula is C14H19N5. The fraction of sp³-hybridized carbons (Fsp3) is 0.643. The first-order chi connectivity index (χ1) is 9.29. The van der Waals surface area contributed by atoms with E-state index in [0.717, 1.165) is 31.0 Å². The Bertz CT molecular complexity index is 513. The van der Waals surface area contributed by atoms with Crippen LogP contribution in [0, 0.1) is 11.3 Å². The molecule has 1 aliphatic heterocycles. The Morgan fingerprint density at radius 2 is 2.11 bits per heavy atom. The first-order valence-corrected chi connectivity index (χ1v) is 7.03. The van der Waals surface area contributed by atoms with Gasteiger partial charge in [0, 0.05) is 38.2 Å². The zero-order valence-electron chi connectivity index (χ0n) is 11.3. The van der Waals surface area contributed by atoms with Crippen LogP contribution in [0.25, 0.3) is 0 Å². The number of hydrogen-bond acceptors (Lipinski definition) is 5. The van der Waals surface area contributed by atoms with Crippen LogP contribution in [0.1, 0.15) is 42.8 Å². The smallest absolute Gasteiger partial charge is 0.234 e. The Morgan fingerprint density at radius 3 is 2.84 bits per heavy atom. The van der Waals surface area contributed by atoms with Crippen molar-refractivity contribution >= 4 is 5.82 Å². The molecule has 5 heteroatoms. The fourth-order valence-electron chi connectivity index (χ4n) is 3.13. The SMILES string of the molecule is CN(c1nc(C#N)nc2c1CNCC2)C1CCCC1. The number of fused-ring (bicyclic) bond motifs is 1. The molecular weight excluding hydrogens is 238 g/mol. The topological polar surface area (TPSA) is 64.8 Å². The molecule has 0 bridgehead atoms. The van der Waals surface area contributed by atoms with Gasteiger partial charge in [-0.25, -0.2) is 9.97 Å². The molecule has 2 heterocycles. The molecule has 100 valence electrons. The molecule has 0 radical (unpaired) electrons. The molecule has 1 aromatic rings. The summed E-state index contributed by atoms with van der Waals surface area (Å²) >= 11 is 0. The van der Waals surface area contributed by atoms with Gasteiger partial charge < -0.3 is 10.2 Å². The minimum absolute atomic E-state index is 0.306. The molecule has 1 saturated carbocycles. The molecule has 3 rings (SSSR count). The van der Waals surface area contributed by atoms with Crippen molar-refractivity contribution in [2.24, 2.45) is 0 Å². The maximum absolute atomic E-state index is 9.10. The molecule has 1 fully saturated rings. The van der Waals surface area contributed by atoms with E-state index in [2.05, 4.69) is 33.3 Å². The Morgan fingerprint density at radius 1 is 1.32 bits per heavy atom. The maximum atomic E-state index is 9.10. The number of hydrogen-bond donors (Lipinski definition) is 1. The predicted molar refractivity (Wildman–Crippen MR) is 72.8 cm³/mol. The van der Waals surface area contributed by atoms with Gasteiger partial charge in [0.15, 0.2) is 0 Å². The average Bonchev–Trinajstić information content (AvgIpc) is 2.99. The number of rotatable bonds is 2. The lowest BCUT2D eigenvalue weighted by Crippen LogP contribution is -2.34. The molecule has 19 heavy (non-hydrogen) atoms. The van der Waals surface area contributed by atoms with Gasteiger partial charge >= 0.3 is 0 Å². The lowest BCUT2D eigenvalue weighted by molar-refractivity contribution is 0.602. The Balaban J connectivity index is 2.00. The zero-order valence-corrected chi connectivity index (χ0v) is 11.3. The van der Waals surface area contributed by atoms with Crippen LogP contribution in [0.4, 0.5) is 5.82 Å². The summed E-state index contributed by atoms with van der Waals surface area (Å²) in [7, 11) is 2.11. The van der Waals surface area contributed by atoms with E-state index < -0.39 is 0 Å². The summed E-state index contributed by atoms with van der Waals surface area (Å²) < 4.78 is 0. The second-order valence-corrected chi connectivity index (χ2v) is 5.38. The van der Waals surface area contributed by atoms with Gasteiger partial charge in [0.1, 0.15) is 11.9 Å². The van der Waals surface area contributed by atoms with Crippen molar-refractivity contribution in [2.45, 2.75) is 44.7 Å². The van der Waals surface area contributed by atoms with Gasteiger partial charge in [-0.2, -0.15) is 5.26 Å². The van der Waals surface area contributed by atoms with Crippen molar-refractivity contribution in [3.63, 3.8) is 0 Å². The van der Waals surface area contributed by atoms with Gasteiger partial charge in [0.25, 0.3) is 0 Å². The van der Waals surface area contributed by atoms with E-state index in [1.54, 1.807) is 0 Å². The zero-order chi connectivity index (χ0) is 13.2. The molecule has 0 saturated heterocycles. The van der Waals surface area contributed by atoms with E-state index in [4.69, 9.17) is 5.26 Å². The van der Waals surface area contributed by atoms with E-state index in [-0.39, 0.29) is 0 Å². The minimum Gasteiger partial charge on any atom is -0.356 e. The number of nitrogens with one attached hydrogen (secondary N) is 1. The van der Waals surface area contributed by atoms with Crippen molar-refractivity contribution in [2.75, 3.05) is 18.5 Å². The van der Waals surface area contributed by atoms with Gasteiger partial charge in [-0.1, -0.05) is 12.8 Å². The fourth-order valence-corrected chi connectivity index (χ4v) is 3.13. The lowest BCUT2D eigenvalue weighted by Gasteiger charge is -2.29. The summed E-state index contributed by atoms with van der Waals surface area (Å²) in [6, 6.07) is 2.66.